The molecule has 1 atom stereocenters. The summed E-state index contributed by atoms with van der Waals surface area (Å²) in [6.45, 7) is 2.87. The minimum Gasteiger partial charge on any atom is -0.481 e. The van der Waals surface area contributed by atoms with Crippen molar-refractivity contribution >= 4 is 17.6 Å². The molecule has 1 aromatic rings. The Balaban J connectivity index is 1.93. The van der Waals surface area contributed by atoms with Crippen LogP contribution in [0.2, 0.25) is 5.02 Å². The largest absolute Gasteiger partial charge is 0.481 e. The second-order valence-electron chi connectivity index (χ2n) is 5.14. The van der Waals surface area contributed by atoms with E-state index in [1.54, 1.807) is 0 Å². The zero-order chi connectivity index (χ0) is 14.4. The molecular formula is C15H20ClNO3. The summed E-state index contributed by atoms with van der Waals surface area (Å²) in [7, 11) is 0. The second kappa shape index (κ2) is 7.62. The van der Waals surface area contributed by atoms with E-state index >= 15 is 0 Å². The van der Waals surface area contributed by atoms with Gasteiger partial charge in [-0.25, -0.2) is 0 Å². The number of hydrogen-bond donors (Lipinski definition) is 1. The topological polar surface area (TPSA) is 49.8 Å². The van der Waals surface area contributed by atoms with E-state index in [0.717, 1.165) is 38.1 Å². The van der Waals surface area contributed by atoms with Gasteiger partial charge in [0, 0.05) is 31.3 Å². The van der Waals surface area contributed by atoms with E-state index in [0.29, 0.717) is 11.6 Å². The average Bonchev–Trinajstić information content (AvgIpc) is 2.91. The summed E-state index contributed by atoms with van der Waals surface area (Å²) in [5.41, 5.74) is 1.14. The first kappa shape index (κ1) is 15.3. The average molecular weight is 298 g/mol. The molecule has 1 unspecified atom stereocenters. The number of rotatable bonds is 7. The molecule has 1 aliphatic heterocycles. The number of hydrogen-bond acceptors (Lipinski definition) is 3. The number of carboxylic acids is 1. The maximum atomic E-state index is 10.8. The fraction of sp³-hybridized carbons (Fsp3) is 0.533. The molecule has 5 heteroatoms. The summed E-state index contributed by atoms with van der Waals surface area (Å²) >= 11 is 5.88. The molecule has 110 valence electrons. The van der Waals surface area contributed by atoms with Gasteiger partial charge in [0.1, 0.15) is 0 Å². The van der Waals surface area contributed by atoms with Gasteiger partial charge in [-0.05, 0) is 30.5 Å². The smallest absolute Gasteiger partial charge is 0.304 e. The van der Waals surface area contributed by atoms with E-state index < -0.39 is 5.97 Å². The molecule has 1 heterocycles. The van der Waals surface area contributed by atoms with Gasteiger partial charge < -0.3 is 9.84 Å². The first-order chi connectivity index (χ1) is 9.63. The third-order valence-electron chi connectivity index (χ3n) is 3.45. The SMILES string of the molecule is O=C(O)CCN(Cc1ccc(Cl)cc1)CC1CCCO1. The number of ether oxygens (including phenoxy) is 1. The lowest BCUT2D eigenvalue weighted by atomic mass is 10.1. The van der Waals surface area contributed by atoms with Crippen LogP contribution in [0.1, 0.15) is 24.8 Å². The van der Waals surface area contributed by atoms with Crippen LogP contribution in [0.5, 0.6) is 0 Å². The van der Waals surface area contributed by atoms with Crippen molar-refractivity contribution in [3.05, 3.63) is 34.9 Å². The molecule has 1 fully saturated rings. The molecule has 0 aromatic heterocycles. The highest BCUT2D eigenvalue weighted by atomic mass is 35.5. The van der Waals surface area contributed by atoms with Gasteiger partial charge in [-0.2, -0.15) is 0 Å². The van der Waals surface area contributed by atoms with Gasteiger partial charge >= 0.3 is 5.97 Å². The zero-order valence-electron chi connectivity index (χ0n) is 11.4. The Morgan fingerprint density at radius 3 is 2.75 bits per heavy atom. The zero-order valence-corrected chi connectivity index (χ0v) is 12.2. The highest BCUT2D eigenvalue weighted by molar-refractivity contribution is 6.30. The number of nitrogens with zero attached hydrogens (tertiary/aromatic N) is 1. The predicted molar refractivity (Wildman–Crippen MR) is 78.0 cm³/mol. The molecule has 0 radical (unpaired) electrons. The Morgan fingerprint density at radius 1 is 1.40 bits per heavy atom. The van der Waals surface area contributed by atoms with Crippen LogP contribution in [-0.2, 0) is 16.1 Å². The first-order valence-corrected chi connectivity index (χ1v) is 7.31. The van der Waals surface area contributed by atoms with E-state index in [9.17, 15) is 4.79 Å². The molecule has 0 amide bonds. The van der Waals surface area contributed by atoms with E-state index in [4.69, 9.17) is 21.4 Å². The van der Waals surface area contributed by atoms with Crippen LogP contribution >= 0.6 is 11.6 Å². The minimum atomic E-state index is -0.765. The molecule has 1 aliphatic rings. The molecule has 0 bridgehead atoms. The van der Waals surface area contributed by atoms with Gasteiger partial charge in [0.05, 0.1) is 12.5 Å². The third-order valence-corrected chi connectivity index (χ3v) is 3.70. The minimum absolute atomic E-state index is 0.153. The van der Waals surface area contributed by atoms with Gasteiger partial charge in [-0.3, -0.25) is 9.69 Å². The second-order valence-corrected chi connectivity index (χ2v) is 5.58. The lowest BCUT2D eigenvalue weighted by molar-refractivity contribution is -0.137. The fourth-order valence-electron chi connectivity index (χ4n) is 2.41. The van der Waals surface area contributed by atoms with Gasteiger partial charge in [0.15, 0.2) is 0 Å². The molecule has 2 rings (SSSR count). The Morgan fingerprint density at radius 2 is 2.15 bits per heavy atom. The molecule has 4 nitrogen and oxygen atoms in total. The molecule has 20 heavy (non-hydrogen) atoms. The number of carbonyl (C=O) groups is 1. The summed E-state index contributed by atoms with van der Waals surface area (Å²) in [5, 5.41) is 9.56. The van der Waals surface area contributed by atoms with Crippen LogP contribution in [0.15, 0.2) is 24.3 Å². The van der Waals surface area contributed by atoms with E-state index in [2.05, 4.69) is 4.90 Å². The first-order valence-electron chi connectivity index (χ1n) is 6.93. The molecule has 1 aromatic carbocycles. The van der Waals surface area contributed by atoms with Crippen molar-refractivity contribution in [2.45, 2.75) is 31.9 Å². The standard InChI is InChI=1S/C15H20ClNO3/c16-13-5-3-12(4-6-13)10-17(8-7-15(18)19)11-14-2-1-9-20-14/h3-6,14H,1-2,7-11H2,(H,18,19). The van der Waals surface area contributed by atoms with Crippen LogP contribution in [0.25, 0.3) is 0 Å². The van der Waals surface area contributed by atoms with E-state index in [1.165, 1.54) is 0 Å². The quantitative estimate of drug-likeness (QED) is 0.841. The summed E-state index contributed by atoms with van der Waals surface area (Å²) in [6.07, 6.45) is 2.54. The maximum Gasteiger partial charge on any atom is 0.304 e. The third kappa shape index (κ3) is 5.12. The normalized spacial score (nSPS) is 18.6. The van der Waals surface area contributed by atoms with Crippen molar-refractivity contribution in [3.8, 4) is 0 Å². The number of benzene rings is 1. The molecule has 0 saturated carbocycles. The van der Waals surface area contributed by atoms with Crippen LogP contribution in [-0.4, -0.2) is 41.8 Å². The summed E-state index contributed by atoms with van der Waals surface area (Å²) in [6, 6.07) is 7.67. The maximum absolute atomic E-state index is 10.8. The molecular weight excluding hydrogens is 278 g/mol. The van der Waals surface area contributed by atoms with Crippen LogP contribution < -0.4 is 0 Å². The summed E-state index contributed by atoms with van der Waals surface area (Å²) in [4.78, 5) is 12.9. The fourth-order valence-corrected chi connectivity index (χ4v) is 2.54. The van der Waals surface area contributed by atoms with Crippen molar-refractivity contribution in [1.29, 1.82) is 0 Å². The molecule has 1 saturated heterocycles. The van der Waals surface area contributed by atoms with Gasteiger partial charge in [0.25, 0.3) is 0 Å². The van der Waals surface area contributed by atoms with Crippen LogP contribution in [0.4, 0.5) is 0 Å². The van der Waals surface area contributed by atoms with Gasteiger partial charge in [-0.15, -0.1) is 0 Å². The highest BCUT2D eigenvalue weighted by Crippen LogP contribution is 2.16. The number of aliphatic carboxylic acids is 1. The van der Waals surface area contributed by atoms with Crippen molar-refractivity contribution in [1.82, 2.24) is 4.90 Å². The number of carboxylic acid groups (broad SMARTS) is 1. The Hall–Kier alpha value is -1.10. The Bertz CT molecular complexity index is 429. The van der Waals surface area contributed by atoms with Crippen molar-refractivity contribution < 1.29 is 14.6 Å². The lowest BCUT2D eigenvalue weighted by Crippen LogP contribution is -2.33. The molecule has 0 aliphatic carbocycles. The van der Waals surface area contributed by atoms with Crippen LogP contribution in [0.3, 0.4) is 0 Å². The van der Waals surface area contributed by atoms with Crippen molar-refractivity contribution in [2.24, 2.45) is 0 Å². The summed E-state index contributed by atoms with van der Waals surface area (Å²) in [5.74, 6) is -0.765. The van der Waals surface area contributed by atoms with Crippen molar-refractivity contribution in [2.75, 3.05) is 19.7 Å². The summed E-state index contributed by atoms with van der Waals surface area (Å²) < 4.78 is 5.64. The molecule has 1 N–H and O–H groups in total. The molecule has 0 spiro atoms. The lowest BCUT2D eigenvalue weighted by Gasteiger charge is -2.24. The van der Waals surface area contributed by atoms with Crippen molar-refractivity contribution in [3.63, 3.8) is 0 Å². The Kier molecular flexibility index (Phi) is 5.83. The monoisotopic (exact) mass is 297 g/mol. The van der Waals surface area contributed by atoms with E-state index in [1.807, 2.05) is 24.3 Å². The van der Waals surface area contributed by atoms with Gasteiger partial charge in [0.2, 0.25) is 0 Å². The van der Waals surface area contributed by atoms with E-state index in [-0.39, 0.29) is 12.5 Å². The predicted octanol–water partition coefficient (Wildman–Crippen LogP) is 2.80. The van der Waals surface area contributed by atoms with Crippen LogP contribution in [0, 0.1) is 0 Å². The Labute approximate surface area is 124 Å². The highest BCUT2D eigenvalue weighted by Gasteiger charge is 2.19. The van der Waals surface area contributed by atoms with Gasteiger partial charge in [-0.1, -0.05) is 23.7 Å². The number of halogens is 1.